The van der Waals surface area contributed by atoms with E-state index in [1.807, 2.05) is 0 Å². The van der Waals surface area contributed by atoms with Gasteiger partial charge in [0.15, 0.2) is 0 Å². The Labute approximate surface area is 58.7 Å². The van der Waals surface area contributed by atoms with Crippen LogP contribution in [0.2, 0.25) is 0 Å². The summed E-state index contributed by atoms with van der Waals surface area (Å²) in [4.78, 5) is 9.86. The number of hydrogen-bond acceptors (Lipinski definition) is 5. The van der Waals surface area contributed by atoms with E-state index < -0.39 is 12.6 Å². The molecule has 0 unspecified atom stereocenters. The van der Waals surface area contributed by atoms with Crippen LogP contribution in [-0.4, -0.2) is 37.6 Å². The first-order chi connectivity index (χ1) is 4.81. The van der Waals surface area contributed by atoms with E-state index in [9.17, 15) is 4.79 Å². The van der Waals surface area contributed by atoms with Crippen LogP contribution in [0.1, 0.15) is 0 Å². The van der Waals surface area contributed by atoms with Gasteiger partial charge in [-0.1, -0.05) is 0 Å². The summed E-state index contributed by atoms with van der Waals surface area (Å²) in [6, 6.07) is 0. The van der Waals surface area contributed by atoms with Crippen LogP contribution in [0.3, 0.4) is 0 Å². The lowest BCUT2D eigenvalue weighted by Crippen LogP contribution is -2.14. The average molecular weight is 149 g/mol. The maximum absolute atomic E-state index is 9.86. The van der Waals surface area contributed by atoms with Crippen molar-refractivity contribution >= 4 is 5.97 Å². The molecular formula is C5H11NO4. The first-order valence-corrected chi connectivity index (χ1v) is 2.85. The van der Waals surface area contributed by atoms with Gasteiger partial charge in [-0.25, -0.2) is 4.79 Å². The maximum Gasteiger partial charge on any atom is 0.333 e. The predicted octanol–water partition coefficient (Wildman–Crippen LogP) is -1.55. The van der Waals surface area contributed by atoms with Crippen LogP contribution in [0.5, 0.6) is 0 Å². The molecule has 5 nitrogen and oxygen atoms in total. The molecule has 0 atom stereocenters. The van der Waals surface area contributed by atoms with E-state index >= 15 is 0 Å². The zero-order chi connectivity index (χ0) is 7.82. The summed E-state index contributed by atoms with van der Waals surface area (Å²) in [6.07, 6.45) is 0. The van der Waals surface area contributed by atoms with Gasteiger partial charge in [-0.2, -0.15) is 0 Å². The fourth-order valence-corrected chi connectivity index (χ4v) is 0.139. The van der Waals surface area contributed by atoms with Crippen molar-refractivity contribution in [1.29, 1.82) is 0 Å². The van der Waals surface area contributed by atoms with Gasteiger partial charge in [-0.05, 0) is 0 Å². The van der Waals surface area contributed by atoms with Crippen LogP contribution in [0.4, 0.5) is 0 Å². The van der Waals surface area contributed by atoms with E-state index in [1.54, 1.807) is 0 Å². The lowest BCUT2D eigenvalue weighted by molar-refractivity contribution is -0.146. The lowest BCUT2D eigenvalue weighted by atomic mass is 10.7. The van der Waals surface area contributed by atoms with Crippen molar-refractivity contribution in [1.82, 2.24) is 0 Å². The third-order valence-corrected chi connectivity index (χ3v) is 0.578. The van der Waals surface area contributed by atoms with E-state index in [4.69, 9.17) is 10.8 Å². The average Bonchev–Trinajstić information content (AvgIpc) is 2.73. The van der Waals surface area contributed by atoms with Gasteiger partial charge in [-0.15, -0.1) is 0 Å². The standard InChI is InChI=1S/C3H7NO3.C2H4O/c4-2-7-3(6)1-5;1-2-3-1/h5H,1-2,4H2;1-2H2. The molecule has 0 amide bonds. The van der Waals surface area contributed by atoms with Gasteiger partial charge in [-0.3, -0.25) is 5.73 Å². The van der Waals surface area contributed by atoms with Crippen LogP contribution >= 0.6 is 0 Å². The van der Waals surface area contributed by atoms with Gasteiger partial charge >= 0.3 is 5.97 Å². The molecule has 10 heavy (non-hydrogen) atoms. The molecule has 0 spiro atoms. The van der Waals surface area contributed by atoms with Crippen molar-refractivity contribution in [3.63, 3.8) is 0 Å². The predicted molar refractivity (Wildman–Crippen MR) is 33.1 cm³/mol. The second-order valence-corrected chi connectivity index (χ2v) is 1.45. The Balaban J connectivity index is 0.000000219. The minimum Gasteiger partial charge on any atom is -0.448 e. The third kappa shape index (κ3) is 10.4. The Bertz CT molecular complexity index is 90.9. The SMILES string of the molecule is C1CO1.NCOC(=O)CO. The molecule has 3 N–H and O–H groups in total. The molecule has 1 saturated heterocycles. The molecule has 1 fully saturated rings. The van der Waals surface area contributed by atoms with Gasteiger partial charge in [0.2, 0.25) is 0 Å². The van der Waals surface area contributed by atoms with Crippen LogP contribution in [0.25, 0.3) is 0 Å². The summed E-state index contributed by atoms with van der Waals surface area (Å²) in [5.74, 6) is -0.692. The molecule has 1 aliphatic heterocycles. The quantitative estimate of drug-likeness (QED) is 0.282. The van der Waals surface area contributed by atoms with Gasteiger partial charge in [0.25, 0.3) is 0 Å². The summed E-state index contributed by atoms with van der Waals surface area (Å²) < 4.78 is 8.58. The zero-order valence-electron chi connectivity index (χ0n) is 5.58. The van der Waals surface area contributed by atoms with Gasteiger partial charge in [0, 0.05) is 0 Å². The van der Waals surface area contributed by atoms with Crippen molar-refractivity contribution in [3.05, 3.63) is 0 Å². The van der Waals surface area contributed by atoms with E-state index in [1.165, 1.54) is 0 Å². The molecule has 0 aromatic heterocycles. The highest BCUT2D eigenvalue weighted by molar-refractivity contribution is 5.70. The molecule has 1 rings (SSSR count). The number of carbonyl (C=O) groups is 1. The first kappa shape index (κ1) is 9.35. The Morgan fingerprint density at radius 1 is 1.70 bits per heavy atom. The molecule has 60 valence electrons. The minimum atomic E-state index is -0.692. The Kier molecular flexibility index (Phi) is 6.05. The molecule has 0 radical (unpaired) electrons. The maximum atomic E-state index is 9.86. The number of esters is 1. The minimum absolute atomic E-state index is 0.167. The molecule has 1 aliphatic rings. The summed E-state index contributed by atoms with van der Waals surface area (Å²) in [7, 11) is 0. The summed E-state index contributed by atoms with van der Waals surface area (Å²) in [6.45, 7) is 1.23. The smallest absolute Gasteiger partial charge is 0.333 e. The van der Waals surface area contributed by atoms with E-state index in [0.29, 0.717) is 0 Å². The number of hydrogen-bond donors (Lipinski definition) is 2. The summed E-state index contributed by atoms with van der Waals surface area (Å²) in [5, 5.41) is 7.94. The van der Waals surface area contributed by atoms with Crippen LogP contribution in [0, 0.1) is 0 Å². The number of aliphatic hydroxyl groups is 1. The monoisotopic (exact) mass is 149 g/mol. The van der Waals surface area contributed by atoms with Crippen molar-refractivity contribution in [2.24, 2.45) is 5.73 Å². The van der Waals surface area contributed by atoms with Crippen molar-refractivity contribution in [2.45, 2.75) is 0 Å². The molecule has 0 bridgehead atoms. The first-order valence-electron chi connectivity index (χ1n) is 2.85. The van der Waals surface area contributed by atoms with Crippen molar-refractivity contribution in [3.8, 4) is 0 Å². The summed E-state index contributed by atoms with van der Waals surface area (Å²) in [5.41, 5.74) is 4.75. The van der Waals surface area contributed by atoms with Crippen molar-refractivity contribution < 1.29 is 19.4 Å². The normalized spacial score (nSPS) is 13.0. The van der Waals surface area contributed by atoms with E-state index in [0.717, 1.165) is 13.2 Å². The van der Waals surface area contributed by atoms with Gasteiger partial charge in [0.05, 0.1) is 13.2 Å². The number of rotatable bonds is 2. The Morgan fingerprint density at radius 3 is 2.30 bits per heavy atom. The number of epoxide rings is 1. The second-order valence-electron chi connectivity index (χ2n) is 1.45. The topological polar surface area (TPSA) is 85.1 Å². The molecule has 0 saturated carbocycles. The number of ether oxygens (including phenoxy) is 2. The number of carbonyl (C=O) groups excluding carboxylic acids is 1. The second kappa shape index (κ2) is 6.47. The number of nitrogens with two attached hydrogens (primary N) is 1. The van der Waals surface area contributed by atoms with Crippen molar-refractivity contribution in [2.75, 3.05) is 26.6 Å². The molecule has 1 heterocycles. The van der Waals surface area contributed by atoms with E-state index in [2.05, 4.69) is 9.47 Å². The van der Waals surface area contributed by atoms with Gasteiger partial charge in [0.1, 0.15) is 13.3 Å². The van der Waals surface area contributed by atoms with E-state index in [-0.39, 0.29) is 6.73 Å². The zero-order valence-corrected chi connectivity index (χ0v) is 5.58. The molecule has 0 aliphatic carbocycles. The summed E-state index contributed by atoms with van der Waals surface area (Å²) >= 11 is 0. The Hall–Kier alpha value is -0.650. The fraction of sp³-hybridized carbons (Fsp3) is 0.800. The van der Waals surface area contributed by atoms with Crippen LogP contribution in [0.15, 0.2) is 0 Å². The molecule has 5 heteroatoms. The highest BCUT2D eigenvalue weighted by Crippen LogP contribution is 1.84. The van der Waals surface area contributed by atoms with Crippen LogP contribution < -0.4 is 5.73 Å². The number of aliphatic hydroxyl groups excluding tert-OH is 1. The lowest BCUT2D eigenvalue weighted by Gasteiger charge is -1.93. The fourth-order valence-electron chi connectivity index (χ4n) is 0.139. The third-order valence-electron chi connectivity index (χ3n) is 0.578. The molecule has 0 aromatic carbocycles. The molecule has 0 aromatic rings. The van der Waals surface area contributed by atoms with Gasteiger partial charge < -0.3 is 14.6 Å². The highest BCUT2D eigenvalue weighted by atomic mass is 16.6. The largest absolute Gasteiger partial charge is 0.448 e. The highest BCUT2D eigenvalue weighted by Gasteiger charge is 1.94. The van der Waals surface area contributed by atoms with Crippen LogP contribution in [-0.2, 0) is 14.3 Å². The molecular weight excluding hydrogens is 138 g/mol. The Morgan fingerprint density at radius 2 is 2.20 bits per heavy atom.